The van der Waals surface area contributed by atoms with Gasteiger partial charge in [-0.3, -0.25) is 0 Å². The minimum atomic E-state index is -0.702. The Labute approximate surface area is 121 Å². The molecule has 108 valence electrons. The molecule has 0 unspecified atom stereocenters. The molecular formula is C17H22O3. The van der Waals surface area contributed by atoms with E-state index in [1.165, 1.54) is 0 Å². The third-order valence-electron chi connectivity index (χ3n) is 2.85. The molecule has 1 N–H and O–H groups in total. The van der Waals surface area contributed by atoms with Crippen LogP contribution in [-0.4, -0.2) is 23.3 Å². The molecule has 0 aliphatic rings. The lowest BCUT2D eigenvalue weighted by molar-refractivity contribution is 0.0328. The van der Waals surface area contributed by atoms with Gasteiger partial charge in [0.15, 0.2) is 6.10 Å². The Hall–Kier alpha value is -1.79. The number of esters is 1. The molecule has 0 aliphatic carbocycles. The molecule has 1 rings (SSSR count). The first kappa shape index (κ1) is 16.3. The molecule has 20 heavy (non-hydrogen) atoms. The highest BCUT2D eigenvalue weighted by Gasteiger charge is 2.17. The third-order valence-corrected chi connectivity index (χ3v) is 2.85. The number of aliphatic hydroxyl groups excluding tert-OH is 1. The first-order valence-electron chi connectivity index (χ1n) is 6.87. The number of hydrogen-bond donors (Lipinski definition) is 1. The minimum absolute atomic E-state index is 0.0557. The molecule has 0 fully saturated rings. The second-order valence-electron chi connectivity index (χ2n) is 5.41. The zero-order chi connectivity index (χ0) is 15.1. The van der Waals surface area contributed by atoms with E-state index in [1.54, 1.807) is 24.3 Å². The standard InChI is InChI=1S/C17H22O3/c1-12(2)15(18)10-11-16(13(3)4)20-17(19)14-8-6-5-7-9-14/h5-9,12-13,15-16,18H,1-4H3/t15-,16+/m1/s1. The molecule has 3 heteroatoms. The zero-order valence-corrected chi connectivity index (χ0v) is 12.5. The summed E-state index contributed by atoms with van der Waals surface area (Å²) in [5.41, 5.74) is 0.504. The van der Waals surface area contributed by atoms with E-state index in [9.17, 15) is 9.90 Å². The van der Waals surface area contributed by atoms with Crippen molar-refractivity contribution in [1.29, 1.82) is 0 Å². The van der Waals surface area contributed by atoms with E-state index >= 15 is 0 Å². The molecule has 0 saturated carbocycles. The van der Waals surface area contributed by atoms with E-state index in [2.05, 4.69) is 11.8 Å². The van der Waals surface area contributed by atoms with Gasteiger partial charge in [0, 0.05) is 5.92 Å². The summed E-state index contributed by atoms with van der Waals surface area (Å²) in [5.74, 6) is 5.34. The van der Waals surface area contributed by atoms with Crippen LogP contribution in [0.15, 0.2) is 30.3 Å². The first-order chi connectivity index (χ1) is 9.41. The van der Waals surface area contributed by atoms with Gasteiger partial charge in [-0.15, -0.1) is 0 Å². The number of carbonyl (C=O) groups excluding carboxylic acids is 1. The van der Waals surface area contributed by atoms with Crippen molar-refractivity contribution in [2.75, 3.05) is 0 Å². The highest BCUT2D eigenvalue weighted by Crippen LogP contribution is 2.10. The molecular weight excluding hydrogens is 252 g/mol. The largest absolute Gasteiger partial charge is 0.445 e. The van der Waals surface area contributed by atoms with Gasteiger partial charge in [0.2, 0.25) is 0 Å². The summed E-state index contributed by atoms with van der Waals surface area (Å²) >= 11 is 0. The molecule has 3 nitrogen and oxygen atoms in total. The topological polar surface area (TPSA) is 46.5 Å². The molecule has 2 atom stereocenters. The fourth-order valence-electron chi connectivity index (χ4n) is 1.42. The summed E-state index contributed by atoms with van der Waals surface area (Å²) in [5, 5.41) is 9.69. The van der Waals surface area contributed by atoms with Gasteiger partial charge in [-0.2, -0.15) is 0 Å². The molecule has 0 bridgehead atoms. The molecule has 0 aliphatic heterocycles. The Bertz CT molecular complexity index is 480. The van der Waals surface area contributed by atoms with Crippen molar-refractivity contribution in [3.63, 3.8) is 0 Å². The van der Waals surface area contributed by atoms with Gasteiger partial charge < -0.3 is 9.84 Å². The second-order valence-corrected chi connectivity index (χ2v) is 5.41. The number of ether oxygens (including phenoxy) is 1. The fraction of sp³-hybridized carbons (Fsp3) is 0.471. The Balaban J connectivity index is 2.76. The van der Waals surface area contributed by atoms with E-state index in [1.807, 2.05) is 33.8 Å². The molecule has 0 heterocycles. The van der Waals surface area contributed by atoms with Gasteiger partial charge in [-0.1, -0.05) is 57.7 Å². The second kappa shape index (κ2) is 7.72. The van der Waals surface area contributed by atoms with E-state index in [-0.39, 0.29) is 11.8 Å². The van der Waals surface area contributed by atoms with E-state index < -0.39 is 18.2 Å². The molecule has 0 amide bonds. The number of carbonyl (C=O) groups is 1. The normalized spacial score (nSPS) is 13.6. The highest BCUT2D eigenvalue weighted by molar-refractivity contribution is 5.89. The van der Waals surface area contributed by atoms with Gasteiger partial charge in [0.25, 0.3) is 0 Å². The van der Waals surface area contributed by atoms with Gasteiger partial charge in [-0.05, 0) is 18.1 Å². The van der Waals surface area contributed by atoms with Crippen LogP contribution in [0.4, 0.5) is 0 Å². The predicted molar refractivity (Wildman–Crippen MR) is 79.1 cm³/mol. The van der Waals surface area contributed by atoms with Crippen molar-refractivity contribution in [2.24, 2.45) is 11.8 Å². The van der Waals surface area contributed by atoms with Crippen LogP contribution < -0.4 is 0 Å². The molecule has 0 spiro atoms. The van der Waals surface area contributed by atoms with Crippen LogP contribution in [0.3, 0.4) is 0 Å². The molecule has 0 saturated heterocycles. The molecule has 0 aromatic heterocycles. The third kappa shape index (κ3) is 5.07. The SMILES string of the molecule is CC(C)[C@H](O)C#C[C@H](OC(=O)c1ccccc1)C(C)C. The van der Waals surface area contributed by atoms with Crippen molar-refractivity contribution >= 4 is 5.97 Å². The Morgan fingerprint density at radius 3 is 2.15 bits per heavy atom. The van der Waals surface area contributed by atoms with Crippen molar-refractivity contribution in [2.45, 2.75) is 39.9 Å². The first-order valence-corrected chi connectivity index (χ1v) is 6.87. The highest BCUT2D eigenvalue weighted by atomic mass is 16.5. The zero-order valence-electron chi connectivity index (χ0n) is 12.5. The summed E-state index contributed by atoms with van der Waals surface area (Å²) in [7, 11) is 0. The average molecular weight is 274 g/mol. The monoisotopic (exact) mass is 274 g/mol. The number of aliphatic hydroxyl groups is 1. The molecule has 1 aromatic rings. The number of hydrogen-bond acceptors (Lipinski definition) is 3. The summed E-state index contributed by atoms with van der Waals surface area (Å²) in [6.45, 7) is 7.64. The maximum atomic E-state index is 12.0. The molecule has 1 aromatic carbocycles. The van der Waals surface area contributed by atoms with Gasteiger partial charge >= 0.3 is 5.97 Å². The summed E-state index contributed by atoms with van der Waals surface area (Å²) in [4.78, 5) is 12.0. The van der Waals surface area contributed by atoms with Crippen LogP contribution in [0.1, 0.15) is 38.1 Å². The lowest BCUT2D eigenvalue weighted by Gasteiger charge is -2.16. The maximum Gasteiger partial charge on any atom is 0.339 e. The van der Waals surface area contributed by atoms with Crippen LogP contribution in [0.2, 0.25) is 0 Å². The van der Waals surface area contributed by atoms with Gasteiger partial charge in [-0.25, -0.2) is 4.79 Å². The van der Waals surface area contributed by atoms with E-state index in [0.717, 1.165) is 0 Å². The van der Waals surface area contributed by atoms with Gasteiger partial charge in [0.05, 0.1) is 5.56 Å². The van der Waals surface area contributed by atoms with Crippen LogP contribution in [-0.2, 0) is 4.74 Å². The fourth-order valence-corrected chi connectivity index (χ4v) is 1.42. The summed E-state index contributed by atoms with van der Waals surface area (Å²) in [6, 6.07) is 8.83. The predicted octanol–water partition coefficient (Wildman–Crippen LogP) is 2.89. The number of rotatable bonds is 4. The summed E-state index contributed by atoms with van der Waals surface area (Å²) < 4.78 is 5.40. The van der Waals surface area contributed by atoms with Crippen LogP contribution >= 0.6 is 0 Å². The van der Waals surface area contributed by atoms with E-state index in [4.69, 9.17) is 4.74 Å². The Morgan fingerprint density at radius 2 is 1.65 bits per heavy atom. The van der Waals surface area contributed by atoms with Crippen molar-refractivity contribution in [1.82, 2.24) is 0 Å². The Morgan fingerprint density at radius 1 is 1.05 bits per heavy atom. The molecule has 0 radical (unpaired) electrons. The quantitative estimate of drug-likeness (QED) is 0.678. The smallest absolute Gasteiger partial charge is 0.339 e. The lowest BCUT2D eigenvalue weighted by atomic mass is 10.0. The summed E-state index contributed by atoms with van der Waals surface area (Å²) in [6.07, 6.45) is -1.22. The van der Waals surface area contributed by atoms with Crippen molar-refractivity contribution < 1.29 is 14.6 Å². The lowest BCUT2D eigenvalue weighted by Crippen LogP contribution is -2.23. The van der Waals surface area contributed by atoms with Crippen molar-refractivity contribution in [3.05, 3.63) is 35.9 Å². The van der Waals surface area contributed by atoms with Crippen LogP contribution in [0.5, 0.6) is 0 Å². The Kier molecular flexibility index (Phi) is 6.27. The van der Waals surface area contributed by atoms with Crippen LogP contribution in [0, 0.1) is 23.7 Å². The van der Waals surface area contributed by atoms with Crippen LogP contribution in [0.25, 0.3) is 0 Å². The van der Waals surface area contributed by atoms with Gasteiger partial charge in [0.1, 0.15) is 6.10 Å². The average Bonchev–Trinajstić information content (AvgIpc) is 2.43. The van der Waals surface area contributed by atoms with Crippen molar-refractivity contribution in [3.8, 4) is 11.8 Å². The minimum Gasteiger partial charge on any atom is -0.445 e. The number of benzene rings is 1. The van der Waals surface area contributed by atoms with E-state index in [0.29, 0.717) is 5.56 Å². The maximum absolute atomic E-state index is 12.0.